The number of aromatic amines is 1. The Kier molecular flexibility index (Phi) is 3.10. The van der Waals surface area contributed by atoms with Crippen molar-refractivity contribution in [1.29, 1.82) is 0 Å². The van der Waals surface area contributed by atoms with Crippen LogP contribution in [0.25, 0.3) is 10.9 Å². The highest BCUT2D eigenvalue weighted by molar-refractivity contribution is 6.05. The summed E-state index contributed by atoms with van der Waals surface area (Å²) in [4.78, 5) is 27.0. The minimum Gasteiger partial charge on any atom is -0.352 e. The molecule has 0 radical (unpaired) electrons. The van der Waals surface area contributed by atoms with Crippen LogP contribution in [-0.4, -0.2) is 17.4 Å². The first-order valence-electron chi connectivity index (χ1n) is 7.79. The van der Waals surface area contributed by atoms with Crippen LogP contribution in [0.3, 0.4) is 0 Å². The highest BCUT2D eigenvalue weighted by Crippen LogP contribution is 2.42. The quantitative estimate of drug-likeness (QED) is 0.854. The fourth-order valence-corrected chi connectivity index (χ4v) is 3.84. The zero-order valence-electron chi connectivity index (χ0n) is 12.2. The van der Waals surface area contributed by atoms with Crippen LogP contribution in [0.1, 0.15) is 23.2 Å². The molecule has 1 heterocycles. The lowest BCUT2D eigenvalue weighted by Gasteiger charge is -2.18. The van der Waals surface area contributed by atoms with Crippen molar-refractivity contribution in [2.75, 3.05) is 6.54 Å². The van der Waals surface area contributed by atoms with Gasteiger partial charge >= 0.3 is 0 Å². The average Bonchev–Trinajstić information content (AvgIpc) is 3.14. The summed E-state index contributed by atoms with van der Waals surface area (Å²) >= 11 is 0. The molecule has 2 aliphatic rings. The van der Waals surface area contributed by atoms with Gasteiger partial charge in [-0.1, -0.05) is 30.4 Å². The van der Waals surface area contributed by atoms with Gasteiger partial charge in [-0.15, -0.1) is 0 Å². The summed E-state index contributed by atoms with van der Waals surface area (Å²) in [6.07, 6.45) is 6.98. The number of hydrogen-bond donors (Lipinski definition) is 2. The zero-order valence-corrected chi connectivity index (χ0v) is 12.2. The van der Waals surface area contributed by atoms with E-state index in [4.69, 9.17) is 0 Å². The molecule has 4 rings (SSSR count). The first-order valence-corrected chi connectivity index (χ1v) is 7.79. The molecule has 1 aromatic carbocycles. The smallest absolute Gasteiger partial charge is 0.252 e. The van der Waals surface area contributed by atoms with E-state index in [0.29, 0.717) is 35.4 Å². The molecule has 4 heteroatoms. The molecule has 1 aromatic heterocycles. The lowest BCUT2D eigenvalue weighted by Crippen LogP contribution is -2.31. The third-order valence-corrected chi connectivity index (χ3v) is 4.94. The van der Waals surface area contributed by atoms with Gasteiger partial charge < -0.3 is 10.3 Å². The van der Waals surface area contributed by atoms with Crippen molar-refractivity contribution in [2.24, 2.45) is 17.8 Å². The molecule has 1 fully saturated rings. The fraction of sp³-hybridized carbons (Fsp3) is 0.333. The molecule has 3 atom stereocenters. The van der Waals surface area contributed by atoms with Gasteiger partial charge in [-0.25, -0.2) is 0 Å². The van der Waals surface area contributed by atoms with Crippen LogP contribution in [0, 0.1) is 17.8 Å². The highest BCUT2D eigenvalue weighted by Gasteiger charge is 2.35. The normalized spacial score (nSPS) is 25.7. The topological polar surface area (TPSA) is 62.0 Å². The van der Waals surface area contributed by atoms with Crippen LogP contribution in [0.4, 0.5) is 0 Å². The summed E-state index contributed by atoms with van der Waals surface area (Å²) < 4.78 is 0. The van der Waals surface area contributed by atoms with Crippen LogP contribution in [0.15, 0.2) is 47.3 Å². The summed E-state index contributed by atoms with van der Waals surface area (Å²) in [6, 6.07) is 8.78. The summed E-state index contributed by atoms with van der Waals surface area (Å²) in [7, 11) is 0. The van der Waals surface area contributed by atoms with Crippen molar-refractivity contribution >= 4 is 16.8 Å². The number of benzene rings is 1. The molecule has 1 amide bonds. The maximum Gasteiger partial charge on any atom is 0.252 e. The van der Waals surface area contributed by atoms with Crippen LogP contribution >= 0.6 is 0 Å². The van der Waals surface area contributed by atoms with E-state index in [1.54, 1.807) is 0 Å². The van der Waals surface area contributed by atoms with Crippen molar-refractivity contribution in [3.05, 3.63) is 58.4 Å². The highest BCUT2D eigenvalue weighted by atomic mass is 16.2. The summed E-state index contributed by atoms with van der Waals surface area (Å²) in [6.45, 7) is 0.686. The Morgan fingerprint density at radius 3 is 2.86 bits per heavy atom. The van der Waals surface area contributed by atoms with Gasteiger partial charge in [0.1, 0.15) is 0 Å². The fourth-order valence-electron chi connectivity index (χ4n) is 3.84. The Labute approximate surface area is 128 Å². The van der Waals surface area contributed by atoms with E-state index in [0.717, 1.165) is 11.8 Å². The Morgan fingerprint density at radius 2 is 2.09 bits per heavy atom. The monoisotopic (exact) mass is 294 g/mol. The molecule has 0 unspecified atom stereocenters. The lowest BCUT2D eigenvalue weighted by atomic mass is 9.93. The van der Waals surface area contributed by atoms with Crippen molar-refractivity contribution in [3.8, 4) is 0 Å². The van der Waals surface area contributed by atoms with Gasteiger partial charge in [-0.05, 0) is 36.7 Å². The van der Waals surface area contributed by atoms with E-state index in [1.165, 1.54) is 12.5 Å². The summed E-state index contributed by atoms with van der Waals surface area (Å²) in [5.74, 6) is 1.69. The lowest BCUT2D eigenvalue weighted by molar-refractivity contribution is 0.0946. The second-order valence-corrected chi connectivity index (χ2v) is 6.34. The summed E-state index contributed by atoms with van der Waals surface area (Å²) in [5, 5.41) is 3.80. The van der Waals surface area contributed by atoms with E-state index in [2.05, 4.69) is 22.5 Å². The first kappa shape index (κ1) is 13.3. The molecule has 0 aliphatic heterocycles. The molecule has 112 valence electrons. The van der Waals surface area contributed by atoms with E-state index in [1.807, 2.05) is 24.3 Å². The van der Waals surface area contributed by atoms with Gasteiger partial charge in [0, 0.05) is 23.5 Å². The van der Waals surface area contributed by atoms with Gasteiger partial charge in [-0.3, -0.25) is 9.59 Å². The molecule has 0 spiro atoms. The van der Waals surface area contributed by atoms with Crippen molar-refractivity contribution in [3.63, 3.8) is 0 Å². The van der Waals surface area contributed by atoms with Crippen molar-refractivity contribution in [2.45, 2.75) is 12.8 Å². The SMILES string of the molecule is O=C(NC[C@H]1C[C@@H]2C=C[C@H]1C2)c1cc(=O)[nH]c2ccccc12. The van der Waals surface area contributed by atoms with Crippen molar-refractivity contribution in [1.82, 2.24) is 10.3 Å². The summed E-state index contributed by atoms with van der Waals surface area (Å²) in [5.41, 5.74) is 0.910. The number of rotatable bonds is 3. The molecule has 4 nitrogen and oxygen atoms in total. The predicted octanol–water partition coefficient (Wildman–Crippen LogP) is 2.47. The van der Waals surface area contributed by atoms with Crippen LogP contribution < -0.4 is 10.9 Å². The van der Waals surface area contributed by atoms with Gasteiger partial charge in [0.05, 0.1) is 5.56 Å². The van der Waals surface area contributed by atoms with Gasteiger partial charge in [0.15, 0.2) is 0 Å². The van der Waals surface area contributed by atoms with Crippen LogP contribution in [-0.2, 0) is 0 Å². The number of para-hydroxylation sites is 1. The third kappa shape index (κ3) is 2.25. The molecule has 2 aliphatic carbocycles. The number of carbonyl (C=O) groups excluding carboxylic acids is 1. The molecular formula is C18H18N2O2. The zero-order chi connectivity index (χ0) is 15.1. The molecule has 2 bridgehead atoms. The first-order chi connectivity index (χ1) is 10.7. The Hall–Kier alpha value is -2.36. The van der Waals surface area contributed by atoms with E-state index < -0.39 is 0 Å². The van der Waals surface area contributed by atoms with Crippen molar-refractivity contribution < 1.29 is 4.79 Å². The largest absolute Gasteiger partial charge is 0.352 e. The second kappa shape index (κ2) is 5.13. The Balaban J connectivity index is 1.55. The minimum absolute atomic E-state index is 0.158. The van der Waals surface area contributed by atoms with Crippen LogP contribution in [0.5, 0.6) is 0 Å². The minimum atomic E-state index is -0.244. The number of carbonyl (C=O) groups is 1. The van der Waals surface area contributed by atoms with E-state index >= 15 is 0 Å². The number of amides is 1. The second-order valence-electron chi connectivity index (χ2n) is 6.34. The maximum absolute atomic E-state index is 12.5. The number of nitrogens with one attached hydrogen (secondary N) is 2. The number of aromatic nitrogens is 1. The molecule has 0 saturated heterocycles. The number of fused-ring (bicyclic) bond motifs is 3. The third-order valence-electron chi connectivity index (χ3n) is 4.94. The molecule has 22 heavy (non-hydrogen) atoms. The molecular weight excluding hydrogens is 276 g/mol. The average molecular weight is 294 g/mol. The van der Waals surface area contributed by atoms with E-state index in [-0.39, 0.29) is 11.5 Å². The molecule has 2 aromatic rings. The van der Waals surface area contributed by atoms with Gasteiger partial charge in [0.2, 0.25) is 5.56 Å². The van der Waals surface area contributed by atoms with Gasteiger partial charge in [-0.2, -0.15) is 0 Å². The Morgan fingerprint density at radius 1 is 1.23 bits per heavy atom. The van der Waals surface area contributed by atoms with Gasteiger partial charge in [0.25, 0.3) is 5.91 Å². The number of pyridine rings is 1. The number of allylic oxidation sites excluding steroid dienone is 2. The predicted molar refractivity (Wildman–Crippen MR) is 85.7 cm³/mol. The van der Waals surface area contributed by atoms with Crippen LogP contribution in [0.2, 0.25) is 0 Å². The number of hydrogen-bond acceptors (Lipinski definition) is 2. The maximum atomic E-state index is 12.5. The number of H-pyrrole nitrogens is 1. The standard InChI is InChI=1S/C18H18N2O2/c21-17-9-15(14-3-1-2-4-16(14)20-17)18(22)19-10-13-8-11-5-6-12(13)7-11/h1-6,9,11-13H,7-8,10H2,(H,19,22)(H,20,21)/t11-,12+,13-/m1/s1. The Bertz CT molecular complexity index is 821. The molecule has 1 saturated carbocycles. The van der Waals surface area contributed by atoms with E-state index in [9.17, 15) is 9.59 Å². The molecule has 2 N–H and O–H groups in total.